The fraction of sp³-hybridized carbons (Fsp3) is 0.500. The SMILES string of the molecule is CC(C)COCCCn1nnnc1-c1ccc(F)cc1N. The van der Waals surface area contributed by atoms with Gasteiger partial charge in [-0.05, 0) is 41.0 Å². The van der Waals surface area contributed by atoms with Gasteiger partial charge < -0.3 is 10.5 Å². The number of rotatable bonds is 7. The fourth-order valence-electron chi connectivity index (χ4n) is 1.92. The van der Waals surface area contributed by atoms with E-state index in [0.717, 1.165) is 13.0 Å². The van der Waals surface area contributed by atoms with Crippen LogP contribution in [0.15, 0.2) is 18.2 Å². The molecule has 2 aromatic rings. The van der Waals surface area contributed by atoms with Crippen molar-refractivity contribution in [1.29, 1.82) is 0 Å². The van der Waals surface area contributed by atoms with Crippen LogP contribution < -0.4 is 5.73 Å². The Morgan fingerprint density at radius 1 is 1.38 bits per heavy atom. The van der Waals surface area contributed by atoms with Crippen molar-refractivity contribution >= 4 is 5.69 Å². The molecule has 0 saturated carbocycles. The number of tetrazole rings is 1. The van der Waals surface area contributed by atoms with Gasteiger partial charge in [-0.2, -0.15) is 0 Å². The Morgan fingerprint density at radius 3 is 2.90 bits per heavy atom. The standard InChI is InChI=1S/C14H20FN5O/c1-10(2)9-21-7-3-6-20-14(17-18-19-20)12-5-4-11(15)8-13(12)16/h4-5,8,10H,3,6-7,9,16H2,1-2H3. The molecule has 0 bridgehead atoms. The summed E-state index contributed by atoms with van der Waals surface area (Å²) < 4.78 is 20.3. The molecule has 0 unspecified atom stereocenters. The normalized spacial score (nSPS) is 11.2. The van der Waals surface area contributed by atoms with Gasteiger partial charge in [-0.25, -0.2) is 9.07 Å². The highest BCUT2D eigenvalue weighted by molar-refractivity contribution is 5.71. The van der Waals surface area contributed by atoms with Gasteiger partial charge in [0.25, 0.3) is 0 Å². The molecule has 1 aromatic heterocycles. The molecule has 0 aliphatic carbocycles. The van der Waals surface area contributed by atoms with Crippen LogP contribution in [0.5, 0.6) is 0 Å². The third-order valence-corrected chi connectivity index (χ3v) is 2.90. The van der Waals surface area contributed by atoms with Gasteiger partial charge in [-0.15, -0.1) is 5.10 Å². The van der Waals surface area contributed by atoms with E-state index in [2.05, 4.69) is 29.4 Å². The van der Waals surface area contributed by atoms with Gasteiger partial charge >= 0.3 is 0 Å². The Bertz CT molecular complexity index is 584. The molecule has 0 aliphatic heterocycles. The zero-order chi connectivity index (χ0) is 15.2. The van der Waals surface area contributed by atoms with E-state index in [1.165, 1.54) is 12.1 Å². The number of aryl methyl sites for hydroxylation is 1. The van der Waals surface area contributed by atoms with Crippen LogP contribution in [-0.2, 0) is 11.3 Å². The Balaban J connectivity index is 1.98. The topological polar surface area (TPSA) is 78.8 Å². The van der Waals surface area contributed by atoms with Crippen LogP contribution in [0, 0.1) is 11.7 Å². The van der Waals surface area contributed by atoms with Gasteiger partial charge in [0, 0.05) is 31.0 Å². The number of nitrogens with two attached hydrogens (primary N) is 1. The highest BCUT2D eigenvalue weighted by atomic mass is 19.1. The van der Waals surface area contributed by atoms with E-state index in [1.54, 1.807) is 10.7 Å². The minimum Gasteiger partial charge on any atom is -0.398 e. The van der Waals surface area contributed by atoms with Crippen LogP contribution in [0.4, 0.5) is 10.1 Å². The van der Waals surface area contributed by atoms with E-state index in [4.69, 9.17) is 10.5 Å². The summed E-state index contributed by atoms with van der Waals surface area (Å²) in [6, 6.07) is 4.19. The van der Waals surface area contributed by atoms with Crippen molar-refractivity contribution in [3.8, 4) is 11.4 Å². The maximum absolute atomic E-state index is 13.1. The van der Waals surface area contributed by atoms with E-state index < -0.39 is 0 Å². The first-order valence-electron chi connectivity index (χ1n) is 6.97. The summed E-state index contributed by atoms with van der Waals surface area (Å²) in [5.74, 6) is 0.682. The maximum Gasteiger partial charge on any atom is 0.184 e. The third kappa shape index (κ3) is 4.22. The summed E-state index contributed by atoms with van der Waals surface area (Å²) in [6.45, 7) is 6.23. The number of hydrogen-bond acceptors (Lipinski definition) is 5. The number of nitrogens with zero attached hydrogens (tertiary/aromatic N) is 4. The monoisotopic (exact) mass is 293 g/mol. The average Bonchev–Trinajstić information content (AvgIpc) is 2.86. The van der Waals surface area contributed by atoms with E-state index in [9.17, 15) is 4.39 Å². The van der Waals surface area contributed by atoms with Crippen LogP contribution in [0.1, 0.15) is 20.3 Å². The fourth-order valence-corrected chi connectivity index (χ4v) is 1.92. The van der Waals surface area contributed by atoms with Crippen LogP contribution in [0.3, 0.4) is 0 Å². The third-order valence-electron chi connectivity index (χ3n) is 2.90. The van der Waals surface area contributed by atoms with Crippen LogP contribution in [0.2, 0.25) is 0 Å². The summed E-state index contributed by atoms with van der Waals surface area (Å²) in [5, 5.41) is 11.6. The summed E-state index contributed by atoms with van der Waals surface area (Å²) in [5.41, 5.74) is 6.77. The Kier molecular flexibility index (Phi) is 5.21. The first-order valence-corrected chi connectivity index (χ1v) is 6.97. The van der Waals surface area contributed by atoms with Gasteiger partial charge in [0.05, 0.1) is 0 Å². The van der Waals surface area contributed by atoms with Gasteiger partial charge in [0.2, 0.25) is 0 Å². The molecule has 2 rings (SSSR count). The lowest BCUT2D eigenvalue weighted by molar-refractivity contribution is 0.105. The second-order valence-electron chi connectivity index (χ2n) is 5.28. The average molecular weight is 293 g/mol. The molecule has 6 nitrogen and oxygen atoms in total. The highest BCUT2D eigenvalue weighted by Crippen LogP contribution is 2.24. The molecule has 0 spiro atoms. The van der Waals surface area contributed by atoms with Gasteiger partial charge in [-0.1, -0.05) is 13.8 Å². The van der Waals surface area contributed by atoms with Gasteiger partial charge in [0.1, 0.15) is 5.82 Å². The van der Waals surface area contributed by atoms with Gasteiger partial charge in [0.15, 0.2) is 5.82 Å². The van der Waals surface area contributed by atoms with Crippen molar-refractivity contribution in [2.75, 3.05) is 18.9 Å². The molecule has 0 aliphatic rings. The molecule has 1 heterocycles. The number of anilines is 1. The summed E-state index contributed by atoms with van der Waals surface area (Å²) in [6.07, 6.45) is 0.797. The molecule has 1 aromatic carbocycles. The Morgan fingerprint density at radius 2 is 2.19 bits per heavy atom. The van der Waals surface area contributed by atoms with Crippen molar-refractivity contribution < 1.29 is 9.13 Å². The minimum atomic E-state index is -0.377. The number of halogens is 1. The number of benzene rings is 1. The molecule has 0 atom stereocenters. The van der Waals surface area contributed by atoms with E-state index in [-0.39, 0.29) is 5.82 Å². The molecule has 2 N–H and O–H groups in total. The van der Waals surface area contributed by atoms with Crippen LogP contribution in [-0.4, -0.2) is 33.4 Å². The number of aromatic nitrogens is 4. The zero-order valence-corrected chi connectivity index (χ0v) is 12.3. The molecule has 0 fully saturated rings. The van der Waals surface area contributed by atoms with Crippen LogP contribution >= 0.6 is 0 Å². The van der Waals surface area contributed by atoms with Crippen molar-refractivity contribution in [1.82, 2.24) is 20.2 Å². The number of hydrogen-bond donors (Lipinski definition) is 1. The summed E-state index contributed by atoms with van der Waals surface area (Å²) in [4.78, 5) is 0. The quantitative estimate of drug-likeness (QED) is 0.625. The predicted octanol–water partition coefficient (Wildman–Crippen LogP) is 2.12. The van der Waals surface area contributed by atoms with Crippen molar-refractivity contribution in [2.45, 2.75) is 26.8 Å². The summed E-state index contributed by atoms with van der Waals surface area (Å²) >= 11 is 0. The lowest BCUT2D eigenvalue weighted by atomic mass is 10.1. The molecular weight excluding hydrogens is 273 g/mol. The molecular formula is C14H20FN5O. The molecule has 114 valence electrons. The molecule has 0 amide bonds. The zero-order valence-electron chi connectivity index (χ0n) is 12.3. The largest absolute Gasteiger partial charge is 0.398 e. The second-order valence-corrected chi connectivity index (χ2v) is 5.28. The smallest absolute Gasteiger partial charge is 0.184 e. The minimum absolute atomic E-state index is 0.321. The molecule has 0 radical (unpaired) electrons. The highest BCUT2D eigenvalue weighted by Gasteiger charge is 2.12. The van der Waals surface area contributed by atoms with Gasteiger partial charge in [-0.3, -0.25) is 0 Å². The van der Waals surface area contributed by atoms with Crippen molar-refractivity contribution in [3.05, 3.63) is 24.0 Å². The second kappa shape index (κ2) is 7.12. The molecule has 7 heteroatoms. The number of nitrogen functional groups attached to an aromatic ring is 1. The molecule has 21 heavy (non-hydrogen) atoms. The van der Waals surface area contributed by atoms with E-state index in [1.807, 2.05) is 0 Å². The Labute approximate surface area is 123 Å². The maximum atomic E-state index is 13.1. The Hall–Kier alpha value is -2.02. The number of ether oxygens (including phenoxy) is 1. The van der Waals surface area contributed by atoms with Crippen molar-refractivity contribution in [2.24, 2.45) is 5.92 Å². The van der Waals surface area contributed by atoms with E-state index >= 15 is 0 Å². The predicted molar refractivity (Wildman–Crippen MR) is 77.9 cm³/mol. The lowest BCUT2D eigenvalue weighted by Gasteiger charge is -2.08. The van der Waals surface area contributed by atoms with Crippen LogP contribution in [0.25, 0.3) is 11.4 Å². The van der Waals surface area contributed by atoms with Crippen molar-refractivity contribution in [3.63, 3.8) is 0 Å². The first-order chi connectivity index (χ1) is 10.1. The van der Waals surface area contributed by atoms with E-state index in [0.29, 0.717) is 36.1 Å². The first kappa shape index (κ1) is 15.4. The molecule has 0 saturated heterocycles. The lowest BCUT2D eigenvalue weighted by Crippen LogP contribution is -2.09. The summed E-state index contributed by atoms with van der Waals surface area (Å²) in [7, 11) is 0.